The summed E-state index contributed by atoms with van der Waals surface area (Å²) in [5.41, 5.74) is 0. The van der Waals surface area contributed by atoms with Gasteiger partial charge in [-0.3, -0.25) is 0 Å². The number of hydrogen-bond acceptors (Lipinski definition) is 2. The van der Waals surface area contributed by atoms with Crippen molar-refractivity contribution in [3.63, 3.8) is 0 Å². The van der Waals surface area contributed by atoms with Gasteiger partial charge in [-0.05, 0) is 25.3 Å². The van der Waals surface area contributed by atoms with Crippen LogP contribution in [0.1, 0.15) is 19.3 Å². The Kier molecular flexibility index (Phi) is 3.76. The monoisotopic (exact) mass is 143 g/mol. The summed E-state index contributed by atoms with van der Waals surface area (Å²) in [5, 5.41) is 3.40. The highest BCUT2D eigenvalue weighted by atomic mass is 16.5. The van der Waals surface area contributed by atoms with Gasteiger partial charge in [0.1, 0.15) is 0 Å². The van der Waals surface area contributed by atoms with E-state index in [0.29, 0.717) is 0 Å². The van der Waals surface area contributed by atoms with Gasteiger partial charge in [-0.25, -0.2) is 0 Å². The van der Waals surface area contributed by atoms with Crippen LogP contribution in [-0.4, -0.2) is 26.8 Å². The lowest BCUT2D eigenvalue weighted by atomic mass is 10.1. The van der Waals surface area contributed by atoms with Gasteiger partial charge >= 0.3 is 0 Å². The van der Waals surface area contributed by atoms with Crippen LogP contribution in [0.5, 0.6) is 0 Å². The highest BCUT2D eigenvalue weighted by Gasteiger charge is 2.10. The Morgan fingerprint density at radius 1 is 1.50 bits per heavy atom. The fraction of sp³-hybridized carbons (Fsp3) is 1.00. The van der Waals surface area contributed by atoms with Gasteiger partial charge in [-0.1, -0.05) is 6.42 Å². The Balaban J connectivity index is 2.15. The fourth-order valence-electron chi connectivity index (χ4n) is 1.47. The second kappa shape index (κ2) is 4.69. The number of nitrogens with one attached hydrogen (secondary N) is 1. The van der Waals surface area contributed by atoms with Crippen molar-refractivity contribution in [2.45, 2.75) is 19.3 Å². The highest BCUT2D eigenvalue weighted by molar-refractivity contribution is 4.66. The molecule has 2 nitrogen and oxygen atoms in total. The van der Waals surface area contributed by atoms with E-state index in [2.05, 4.69) is 5.32 Å². The molecule has 1 aliphatic heterocycles. The van der Waals surface area contributed by atoms with Crippen molar-refractivity contribution in [1.29, 1.82) is 0 Å². The molecule has 0 radical (unpaired) electrons. The number of rotatable bonds is 2. The fourth-order valence-corrected chi connectivity index (χ4v) is 1.47. The predicted octanol–water partition coefficient (Wildman–Crippen LogP) is 1.02. The van der Waals surface area contributed by atoms with E-state index in [1.807, 2.05) is 0 Å². The molecule has 0 aromatic heterocycles. The van der Waals surface area contributed by atoms with Gasteiger partial charge in [0.05, 0.1) is 6.61 Å². The second-order valence-electron chi connectivity index (χ2n) is 3.02. The first-order valence-electron chi connectivity index (χ1n) is 4.13. The first-order chi connectivity index (χ1) is 4.93. The predicted molar refractivity (Wildman–Crippen MR) is 42.1 cm³/mol. The van der Waals surface area contributed by atoms with Gasteiger partial charge in [-0.2, -0.15) is 0 Å². The van der Waals surface area contributed by atoms with Gasteiger partial charge in [0.15, 0.2) is 0 Å². The van der Waals surface area contributed by atoms with Crippen molar-refractivity contribution >= 4 is 0 Å². The molecule has 1 rings (SSSR count). The van der Waals surface area contributed by atoms with E-state index < -0.39 is 0 Å². The maximum Gasteiger partial charge on any atom is 0.0502 e. The maximum absolute atomic E-state index is 5.10. The summed E-state index contributed by atoms with van der Waals surface area (Å²) in [7, 11) is 1.78. The van der Waals surface area contributed by atoms with Gasteiger partial charge in [0.25, 0.3) is 0 Å². The molecule has 1 N–H and O–H groups in total. The third-order valence-electron chi connectivity index (χ3n) is 2.05. The van der Waals surface area contributed by atoms with Crippen LogP contribution in [0, 0.1) is 5.92 Å². The third kappa shape index (κ3) is 2.67. The molecule has 0 unspecified atom stereocenters. The largest absolute Gasteiger partial charge is 0.384 e. The van der Waals surface area contributed by atoms with Gasteiger partial charge in [-0.15, -0.1) is 0 Å². The van der Waals surface area contributed by atoms with Crippen LogP contribution in [0.3, 0.4) is 0 Å². The van der Waals surface area contributed by atoms with E-state index in [9.17, 15) is 0 Å². The average Bonchev–Trinajstić information content (AvgIpc) is 2.17. The summed E-state index contributed by atoms with van der Waals surface area (Å²) in [6.45, 7) is 3.26. The molecule has 1 fully saturated rings. The van der Waals surface area contributed by atoms with Crippen LogP contribution in [0.4, 0.5) is 0 Å². The lowest BCUT2D eigenvalue weighted by Gasteiger charge is -2.11. The number of hydrogen-bond donors (Lipinski definition) is 1. The molecule has 0 bridgehead atoms. The van der Waals surface area contributed by atoms with E-state index in [0.717, 1.165) is 19.1 Å². The second-order valence-corrected chi connectivity index (χ2v) is 3.02. The van der Waals surface area contributed by atoms with Gasteiger partial charge in [0.2, 0.25) is 0 Å². The molecule has 0 aliphatic carbocycles. The smallest absolute Gasteiger partial charge is 0.0502 e. The van der Waals surface area contributed by atoms with Crippen molar-refractivity contribution in [1.82, 2.24) is 5.32 Å². The average molecular weight is 143 g/mol. The van der Waals surface area contributed by atoms with Crippen LogP contribution in [-0.2, 0) is 4.74 Å². The molecule has 0 amide bonds. The van der Waals surface area contributed by atoms with Gasteiger partial charge < -0.3 is 10.1 Å². The molecule has 0 saturated carbocycles. The summed E-state index contributed by atoms with van der Waals surface area (Å²) in [6.07, 6.45) is 4.03. The first-order valence-corrected chi connectivity index (χ1v) is 4.13. The Labute approximate surface area is 63.0 Å². The maximum atomic E-state index is 5.10. The number of ether oxygens (including phenoxy) is 1. The normalized spacial score (nSPS) is 27.9. The number of methoxy groups -OCH3 is 1. The summed E-state index contributed by atoms with van der Waals surface area (Å²) in [5.74, 6) is 0.757. The topological polar surface area (TPSA) is 21.3 Å². The molecule has 1 heterocycles. The minimum Gasteiger partial charge on any atom is -0.384 e. The van der Waals surface area contributed by atoms with Crippen LogP contribution in [0.2, 0.25) is 0 Å². The molecule has 1 saturated heterocycles. The van der Waals surface area contributed by atoms with Gasteiger partial charge in [0, 0.05) is 13.7 Å². The summed E-state index contributed by atoms with van der Waals surface area (Å²) in [6, 6.07) is 0. The molecular formula is C8H17NO. The molecule has 1 atom stereocenters. The van der Waals surface area contributed by atoms with Crippen LogP contribution in [0.15, 0.2) is 0 Å². The zero-order chi connectivity index (χ0) is 7.23. The summed E-state index contributed by atoms with van der Waals surface area (Å²) < 4.78 is 5.10. The Bertz CT molecular complexity index is 77.3. The molecule has 2 heteroatoms. The standard InChI is InChI=1S/C8H17NO/c1-10-7-8-4-2-3-5-9-6-8/h8-9H,2-7H2,1H3/t8-/m0/s1. The zero-order valence-electron chi connectivity index (χ0n) is 6.73. The van der Waals surface area contributed by atoms with Crippen LogP contribution >= 0.6 is 0 Å². The minimum atomic E-state index is 0.757. The summed E-state index contributed by atoms with van der Waals surface area (Å²) in [4.78, 5) is 0. The SMILES string of the molecule is COC[C@H]1CCCCNC1. The van der Waals surface area contributed by atoms with Crippen molar-refractivity contribution in [3.05, 3.63) is 0 Å². The van der Waals surface area contributed by atoms with E-state index in [4.69, 9.17) is 4.74 Å². The molecule has 0 aromatic carbocycles. The molecule has 60 valence electrons. The zero-order valence-corrected chi connectivity index (χ0v) is 6.73. The molecule has 1 aliphatic rings. The lowest BCUT2D eigenvalue weighted by Crippen LogP contribution is -2.23. The van der Waals surface area contributed by atoms with E-state index in [1.54, 1.807) is 7.11 Å². The minimum absolute atomic E-state index is 0.757. The first kappa shape index (κ1) is 8.02. The highest BCUT2D eigenvalue weighted by Crippen LogP contribution is 2.10. The lowest BCUT2D eigenvalue weighted by molar-refractivity contribution is 0.149. The quantitative estimate of drug-likeness (QED) is 0.623. The molecule has 0 spiro atoms. The third-order valence-corrected chi connectivity index (χ3v) is 2.05. The molecule has 0 aromatic rings. The van der Waals surface area contributed by atoms with Crippen molar-refractivity contribution < 1.29 is 4.74 Å². The van der Waals surface area contributed by atoms with Crippen molar-refractivity contribution in [3.8, 4) is 0 Å². The van der Waals surface area contributed by atoms with E-state index in [-0.39, 0.29) is 0 Å². The van der Waals surface area contributed by atoms with Crippen molar-refractivity contribution in [2.24, 2.45) is 5.92 Å². The summed E-state index contributed by atoms with van der Waals surface area (Å²) >= 11 is 0. The Hall–Kier alpha value is -0.0800. The molecule has 10 heavy (non-hydrogen) atoms. The Morgan fingerprint density at radius 2 is 2.40 bits per heavy atom. The van der Waals surface area contributed by atoms with E-state index in [1.165, 1.54) is 25.8 Å². The van der Waals surface area contributed by atoms with E-state index >= 15 is 0 Å². The molecular weight excluding hydrogens is 126 g/mol. The van der Waals surface area contributed by atoms with Crippen LogP contribution < -0.4 is 5.32 Å². The van der Waals surface area contributed by atoms with Crippen LogP contribution in [0.25, 0.3) is 0 Å². The Morgan fingerprint density at radius 3 is 3.20 bits per heavy atom. The van der Waals surface area contributed by atoms with Crippen molar-refractivity contribution in [2.75, 3.05) is 26.8 Å².